The Hall–Kier alpha value is -2.51. The fraction of sp³-hybridized carbons (Fsp3) is 0.333. The standard InChI is InChI=1S/C18H18N4O3.ClH/c19-18(4-1-5-18)17-21-16(25-22-17)13-10-20-9-12(13)11-2-3-14-15(8-11)24-7-6-23-14;/h2-3,8-10,20H,1,4-7,19H2;1H. The molecule has 136 valence electrons. The molecule has 5 rings (SSSR count). The first-order valence-electron chi connectivity index (χ1n) is 8.43. The van der Waals surface area contributed by atoms with Gasteiger partial charge in [-0.05, 0) is 37.0 Å². The molecule has 0 amide bonds. The van der Waals surface area contributed by atoms with Crippen LogP contribution in [0.1, 0.15) is 25.1 Å². The molecule has 3 aromatic rings. The number of nitrogens with two attached hydrogens (primary N) is 1. The van der Waals surface area contributed by atoms with Gasteiger partial charge in [-0.2, -0.15) is 4.98 Å². The van der Waals surface area contributed by atoms with E-state index in [-0.39, 0.29) is 12.4 Å². The third-order valence-electron chi connectivity index (χ3n) is 4.95. The van der Waals surface area contributed by atoms with Gasteiger partial charge in [-0.1, -0.05) is 11.2 Å². The van der Waals surface area contributed by atoms with Crippen molar-refractivity contribution in [2.45, 2.75) is 24.8 Å². The molecule has 1 fully saturated rings. The Morgan fingerprint density at radius 2 is 1.81 bits per heavy atom. The molecular weight excluding hydrogens is 356 g/mol. The first-order valence-corrected chi connectivity index (χ1v) is 8.43. The number of fused-ring (bicyclic) bond motifs is 1. The molecule has 2 aromatic heterocycles. The largest absolute Gasteiger partial charge is 0.486 e. The Bertz CT molecular complexity index is 932. The Balaban J connectivity index is 0.00000168. The first-order chi connectivity index (χ1) is 12.2. The second-order valence-electron chi connectivity index (χ2n) is 6.57. The number of aromatic amines is 1. The Morgan fingerprint density at radius 1 is 1.04 bits per heavy atom. The molecular formula is C18H19ClN4O3. The van der Waals surface area contributed by atoms with Gasteiger partial charge in [0, 0.05) is 18.0 Å². The van der Waals surface area contributed by atoms with E-state index in [2.05, 4.69) is 15.1 Å². The van der Waals surface area contributed by atoms with E-state index in [0.29, 0.717) is 24.9 Å². The van der Waals surface area contributed by atoms with Crippen molar-refractivity contribution in [3.63, 3.8) is 0 Å². The highest BCUT2D eigenvalue weighted by Crippen LogP contribution is 2.40. The minimum atomic E-state index is -0.435. The smallest absolute Gasteiger partial charge is 0.260 e. The molecule has 7 nitrogen and oxygen atoms in total. The summed E-state index contributed by atoms with van der Waals surface area (Å²) >= 11 is 0. The van der Waals surface area contributed by atoms with Crippen LogP contribution in [0.4, 0.5) is 0 Å². The van der Waals surface area contributed by atoms with Crippen molar-refractivity contribution in [2.24, 2.45) is 5.73 Å². The van der Waals surface area contributed by atoms with Gasteiger partial charge < -0.3 is 24.7 Å². The Labute approximate surface area is 156 Å². The third kappa shape index (κ3) is 2.64. The third-order valence-corrected chi connectivity index (χ3v) is 4.95. The van der Waals surface area contributed by atoms with E-state index in [1.54, 1.807) is 0 Å². The summed E-state index contributed by atoms with van der Waals surface area (Å²) in [6.45, 7) is 1.13. The first kappa shape index (κ1) is 16.9. The highest BCUT2D eigenvalue weighted by atomic mass is 35.5. The van der Waals surface area contributed by atoms with E-state index >= 15 is 0 Å². The predicted octanol–water partition coefficient (Wildman–Crippen LogP) is 3.26. The summed E-state index contributed by atoms with van der Waals surface area (Å²) in [7, 11) is 0. The molecule has 0 spiro atoms. The number of aromatic nitrogens is 3. The van der Waals surface area contributed by atoms with Crippen molar-refractivity contribution in [1.82, 2.24) is 15.1 Å². The Morgan fingerprint density at radius 3 is 2.58 bits per heavy atom. The molecule has 3 N–H and O–H groups in total. The van der Waals surface area contributed by atoms with Gasteiger partial charge in [-0.3, -0.25) is 0 Å². The van der Waals surface area contributed by atoms with Gasteiger partial charge in [0.2, 0.25) is 0 Å². The summed E-state index contributed by atoms with van der Waals surface area (Å²) in [5.74, 6) is 2.57. The lowest BCUT2D eigenvalue weighted by molar-refractivity contribution is 0.171. The van der Waals surface area contributed by atoms with Gasteiger partial charge in [-0.15, -0.1) is 12.4 Å². The van der Waals surface area contributed by atoms with Crippen molar-refractivity contribution in [1.29, 1.82) is 0 Å². The minimum absolute atomic E-state index is 0. The number of nitrogens with one attached hydrogen (secondary N) is 1. The van der Waals surface area contributed by atoms with Gasteiger partial charge in [-0.25, -0.2) is 0 Å². The number of ether oxygens (including phenoxy) is 2. The minimum Gasteiger partial charge on any atom is -0.486 e. The highest BCUT2D eigenvalue weighted by Gasteiger charge is 2.39. The van der Waals surface area contributed by atoms with Crippen LogP contribution >= 0.6 is 12.4 Å². The van der Waals surface area contributed by atoms with Crippen LogP contribution in [0.2, 0.25) is 0 Å². The van der Waals surface area contributed by atoms with Crippen LogP contribution < -0.4 is 15.2 Å². The Kier molecular flexibility index (Phi) is 4.13. The highest BCUT2D eigenvalue weighted by molar-refractivity contribution is 5.85. The number of benzene rings is 1. The number of H-pyrrole nitrogens is 1. The van der Waals surface area contributed by atoms with Gasteiger partial charge in [0.1, 0.15) is 13.2 Å². The normalized spacial score (nSPS) is 17.3. The molecule has 2 aliphatic rings. The molecule has 1 saturated carbocycles. The zero-order valence-electron chi connectivity index (χ0n) is 14.0. The van der Waals surface area contributed by atoms with E-state index < -0.39 is 5.54 Å². The van der Waals surface area contributed by atoms with Crippen LogP contribution in [0, 0.1) is 0 Å². The van der Waals surface area contributed by atoms with E-state index in [0.717, 1.165) is 47.5 Å². The van der Waals surface area contributed by atoms with Crippen molar-refractivity contribution < 1.29 is 14.0 Å². The summed E-state index contributed by atoms with van der Waals surface area (Å²) in [4.78, 5) is 7.66. The molecule has 0 bridgehead atoms. The summed E-state index contributed by atoms with van der Waals surface area (Å²) in [6, 6.07) is 5.88. The van der Waals surface area contributed by atoms with Crippen LogP contribution in [-0.2, 0) is 5.54 Å². The maximum Gasteiger partial charge on any atom is 0.260 e. The van der Waals surface area contributed by atoms with E-state index in [4.69, 9.17) is 19.7 Å². The quantitative estimate of drug-likeness (QED) is 0.730. The second kappa shape index (κ2) is 6.34. The maximum atomic E-state index is 6.29. The molecule has 0 unspecified atom stereocenters. The molecule has 26 heavy (non-hydrogen) atoms. The monoisotopic (exact) mass is 374 g/mol. The van der Waals surface area contributed by atoms with Gasteiger partial charge in [0.15, 0.2) is 17.3 Å². The lowest BCUT2D eigenvalue weighted by Gasteiger charge is -2.34. The fourth-order valence-electron chi connectivity index (χ4n) is 3.31. The molecule has 3 heterocycles. The van der Waals surface area contributed by atoms with Gasteiger partial charge in [0.05, 0.1) is 11.1 Å². The molecule has 0 saturated heterocycles. The van der Waals surface area contributed by atoms with Crippen molar-refractivity contribution in [3.05, 3.63) is 36.4 Å². The molecule has 1 aromatic carbocycles. The van der Waals surface area contributed by atoms with Crippen LogP contribution in [0.5, 0.6) is 11.5 Å². The molecule has 0 atom stereocenters. The van der Waals surface area contributed by atoms with Crippen LogP contribution in [-0.4, -0.2) is 28.3 Å². The molecule has 0 radical (unpaired) electrons. The summed E-state index contributed by atoms with van der Waals surface area (Å²) in [5, 5.41) is 4.10. The lowest BCUT2D eigenvalue weighted by Crippen LogP contribution is -2.44. The average Bonchev–Trinajstić information content (AvgIpc) is 3.28. The van der Waals surface area contributed by atoms with Crippen LogP contribution in [0.3, 0.4) is 0 Å². The fourth-order valence-corrected chi connectivity index (χ4v) is 3.31. The SMILES string of the molecule is Cl.NC1(c2noc(-c3c[nH]cc3-c3ccc4c(c3)OCCO4)n2)CCC1. The van der Waals surface area contributed by atoms with E-state index in [1.807, 2.05) is 30.6 Å². The summed E-state index contributed by atoms with van der Waals surface area (Å²) in [6.07, 6.45) is 6.66. The van der Waals surface area contributed by atoms with E-state index in [1.165, 1.54) is 0 Å². The zero-order chi connectivity index (χ0) is 16.9. The number of nitrogens with zero attached hydrogens (tertiary/aromatic N) is 2. The predicted molar refractivity (Wildman–Crippen MR) is 97.5 cm³/mol. The van der Waals surface area contributed by atoms with E-state index in [9.17, 15) is 0 Å². The molecule has 8 heteroatoms. The average molecular weight is 375 g/mol. The summed E-state index contributed by atoms with van der Waals surface area (Å²) in [5.41, 5.74) is 8.66. The van der Waals surface area contributed by atoms with Gasteiger partial charge >= 0.3 is 0 Å². The summed E-state index contributed by atoms with van der Waals surface area (Å²) < 4.78 is 16.7. The number of halogens is 1. The second-order valence-corrected chi connectivity index (χ2v) is 6.57. The lowest BCUT2D eigenvalue weighted by atomic mass is 9.77. The number of hydrogen-bond donors (Lipinski definition) is 2. The number of hydrogen-bond acceptors (Lipinski definition) is 6. The number of rotatable bonds is 3. The zero-order valence-corrected chi connectivity index (χ0v) is 14.8. The van der Waals surface area contributed by atoms with Crippen molar-refractivity contribution >= 4 is 12.4 Å². The van der Waals surface area contributed by atoms with Crippen LogP contribution in [0.25, 0.3) is 22.6 Å². The van der Waals surface area contributed by atoms with Crippen LogP contribution in [0.15, 0.2) is 35.1 Å². The molecule has 1 aliphatic heterocycles. The maximum absolute atomic E-state index is 6.29. The topological polar surface area (TPSA) is 99.2 Å². The van der Waals surface area contributed by atoms with Gasteiger partial charge in [0.25, 0.3) is 5.89 Å². The molecule has 1 aliphatic carbocycles. The van der Waals surface area contributed by atoms with Crippen molar-refractivity contribution in [2.75, 3.05) is 13.2 Å². The van der Waals surface area contributed by atoms with Crippen molar-refractivity contribution in [3.8, 4) is 34.1 Å².